The van der Waals surface area contributed by atoms with Crippen molar-refractivity contribution in [1.82, 2.24) is 9.78 Å². The van der Waals surface area contributed by atoms with E-state index in [1.165, 1.54) is 17.7 Å². The van der Waals surface area contributed by atoms with Gasteiger partial charge in [-0.25, -0.2) is 9.48 Å². The van der Waals surface area contributed by atoms with Crippen molar-refractivity contribution in [1.29, 1.82) is 0 Å². The van der Waals surface area contributed by atoms with Crippen molar-refractivity contribution in [2.75, 3.05) is 11.9 Å². The second-order valence-electron chi connectivity index (χ2n) is 6.28. The van der Waals surface area contributed by atoms with Gasteiger partial charge < -0.3 is 10.1 Å². The Morgan fingerprint density at radius 2 is 1.79 bits per heavy atom. The summed E-state index contributed by atoms with van der Waals surface area (Å²) >= 11 is 0. The molecule has 1 aromatic heterocycles. The standard InChI is InChI=1S/C21H19N3O5/c1-3-24-20(27)17-10-5-4-9-16(17)19(23-24)21(28)29-12-18(26)22-15-8-6-7-14(11-15)13(2)25/h4-11H,3,12H2,1-2H3,(H,22,26). The Hall–Kier alpha value is -3.81. The zero-order valence-electron chi connectivity index (χ0n) is 16.0. The third-order valence-corrected chi connectivity index (χ3v) is 4.25. The van der Waals surface area contributed by atoms with E-state index in [0.29, 0.717) is 22.0 Å². The minimum Gasteiger partial charge on any atom is -0.451 e. The van der Waals surface area contributed by atoms with Crippen molar-refractivity contribution in [2.24, 2.45) is 0 Å². The van der Waals surface area contributed by atoms with E-state index in [1.807, 2.05) is 0 Å². The van der Waals surface area contributed by atoms with Crippen LogP contribution in [0.4, 0.5) is 5.69 Å². The van der Waals surface area contributed by atoms with Crippen LogP contribution in [0.3, 0.4) is 0 Å². The zero-order valence-corrected chi connectivity index (χ0v) is 16.0. The van der Waals surface area contributed by atoms with Crippen LogP contribution in [0.5, 0.6) is 0 Å². The number of esters is 1. The number of carbonyl (C=O) groups excluding carboxylic acids is 3. The van der Waals surface area contributed by atoms with Crippen molar-refractivity contribution in [2.45, 2.75) is 20.4 Å². The number of rotatable bonds is 6. The molecule has 0 radical (unpaired) electrons. The van der Waals surface area contributed by atoms with Gasteiger partial charge in [-0.3, -0.25) is 14.4 Å². The Balaban J connectivity index is 1.75. The number of anilines is 1. The first-order chi connectivity index (χ1) is 13.9. The highest BCUT2D eigenvalue weighted by molar-refractivity contribution is 6.03. The van der Waals surface area contributed by atoms with Gasteiger partial charge in [-0.05, 0) is 32.0 Å². The molecule has 3 aromatic rings. The Kier molecular flexibility index (Phi) is 5.82. The largest absolute Gasteiger partial charge is 0.451 e. The predicted molar refractivity (Wildman–Crippen MR) is 107 cm³/mol. The van der Waals surface area contributed by atoms with Crippen LogP contribution in [-0.2, 0) is 16.1 Å². The van der Waals surface area contributed by atoms with Crippen molar-refractivity contribution >= 4 is 34.1 Å². The maximum Gasteiger partial charge on any atom is 0.359 e. The van der Waals surface area contributed by atoms with Gasteiger partial charge in [0.15, 0.2) is 18.1 Å². The molecule has 1 amide bonds. The molecule has 1 heterocycles. The maximum atomic E-state index is 12.5. The van der Waals surface area contributed by atoms with Crippen LogP contribution >= 0.6 is 0 Å². The molecule has 0 unspecified atom stereocenters. The van der Waals surface area contributed by atoms with Crippen molar-refractivity contribution < 1.29 is 19.1 Å². The monoisotopic (exact) mass is 393 g/mol. The number of amides is 1. The molecule has 3 rings (SSSR count). The third-order valence-electron chi connectivity index (χ3n) is 4.25. The van der Waals surface area contributed by atoms with E-state index < -0.39 is 18.5 Å². The van der Waals surface area contributed by atoms with Gasteiger partial charge in [0.05, 0.1) is 5.39 Å². The van der Waals surface area contributed by atoms with E-state index in [9.17, 15) is 19.2 Å². The Bertz CT molecular complexity index is 1170. The van der Waals surface area contributed by atoms with E-state index >= 15 is 0 Å². The fourth-order valence-electron chi connectivity index (χ4n) is 2.81. The molecule has 0 saturated heterocycles. The van der Waals surface area contributed by atoms with E-state index in [4.69, 9.17) is 4.74 Å². The highest BCUT2D eigenvalue weighted by atomic mass is 16.5. The minimum absolute atomic E-state index is 0.0339. The molecule has 0 spiro atoms. The van der Waals surface area contributed by atoms with Crippen LogP contribution in [0, 0.1) is 0 Å². The quantitative estimate of drug-likeness (QED) is 0.509. The molecule has 0 atom stereocenters. The summed E-state index contributed by atoms with van der Waals surface area (Å²) in [5.74, 6) is -1.50. The number of benzene rings is 2. The third kappa shape index (κ3) is 4.37. The second-order valence-corrected chi connectivity index (χ2v) is 6.28. The number of fused-ring (bicyclic) bond motifs is 1. The van der Waals surface area contributed by atoms with Crippen LogP contribution in [0.2, 0.25) is 0 Å². The van der Waals surface area contributed by atoms with E-state index in [1.54, 1.807) is 49.4 Å². The van der Waals surface area contributed by atoms with Gasteiger partial charge in [0.25, 0.3) is 11.5 Å². The Morgan fingerprint density at radius 3 is 2.48 bits per heavy atom. The van der Waals surface area contributed by atoms with Gasteiger partial charge >= 0.3 is 5.97 Å². The first-order valence-corrected chi connectivity index (χ1v) is 8.98. The summed E-state index contributed by atoms with van der Waals surface area (Å²) in [6, 6.07) is 13.0. The number of Topliss-reactive ketones (excluding diaryl/α,β-unsaturated/α-hetero) is 1. The molecule has 0 fully saturated rings. The number of hydrogen-bond donors (Lipinski definition) is 1. The topological polar surface area (TPSA) is 107 Å². The zero-order chi connectivity index (χ0) is 21.0. The van der Waals surface area contributed by atoms with Crippen molar-refractivity contribution in [3.63, 3.8) is 0 Å². The number of ether oxygens (including phenoxy) is 1. The lowest BCUT2D eigenvalue weighted by atomic mass is 10.1. The number of ketones is 1. The van der Waals surface area contributed by atoms with Crippen LogP contribution in [0.1, 0.15) is 34.7 Å². The molecule has 148 valence electrons. The molecule has 29 heavy (non-hydrogen) atoms. The SMILES string of the molecule is CCn1nc(C(=O)OCC(=O)Nc2cccc(C(C)=O)c2)c2ccccc2c1=O. The normalized spacial score (nSPS) is 10.6. The molecular formula is C21H19N3O5. The molecule has 1 N–H and O–H groups in total. The van der Waals surface area contributed by atoms with Gasteiger partial charge in [0.2, 0.25) is 0 Å². The lowest BCUT2D eigenvalue weighted by Gasteiger charge is -2.10. The van der Waals surface area contributed by atoms with Crippen LogP contribution < -0.4 is 10.9 Å². The average Bonchev–Trinajstić information content (AvgIpc) is 2.72. The number of nitrogens with zero attached hydrogens (tertiary/aromatic N) is 2. The highest BCUT2D eigenvalue weighted by Crippen LogP contribution is 2.15. The summed E-state index contributed by atoms with van der Waals surface area (Å²) in [6.07, 6.45) is 0. The predicted octanol–water partition coefficient (Wildman–Crippen LogP) is 2.41. The smallest absolute Gasteiger partial charge is 0.359 e. The molecule has 2 aromatic carbocycles. The van der Waals surface area contributed by atoms with Crippen molar-refractivity contribution in [3.05, 3.63) is 70.1 Å². The molecular weight excluding hydrogens is 374 g/mol. The van der Waals surface area contributed by atoms with Gasteiger partial charge in [-0.15, -0.1) is 0 Å². The van der Waals surface area contributed by atoms with Crippen LogP contribution in [0.15, 0.2) is 53.3 Å². The Labute approximate surface area is 166 Å². The van der Waals surface area contributed by atoms with Crippen molar-refractivity contribution in [3.8, 4) is 0 Å². The fraction of sp³-hybridized carbons (Fsp3) is 0.190. The number of hydrogen-bond acceptors (Lipinski definition) is 6. The summed E-state index contributed by atoms with van der Waals surface area (Å²) in [4.78, 5) is 48.4. The van der Waals surface area contributed by atoms with Crippen LogP contribution in [0.25, 0.3) is 10.8 Å². The molecule has 0 aliphatic rings. The van der Waals surface area contributed by atoms with E-state index in [2.05, 4.69) is 10.4 Å². The highest BCUT2D eigenvalue weighted by Gasteiger charge is 2.18. The summed E-state index contributed by atoms with van der Waals surface area (Å²) in [5, 5.41) is 7.35. The molecule has 0 saturated carbocycles. The first kappa shape index (κ1) is 19.9. The molecule has 0 aliphatic carbocycles. The number of aromatic nitrogens is 2. The molecule has 0 aliphatic heterocycles. The number of aryl methyl sites for hydroxylation is 1. The molecule has 8 heteroatoms. The summed E-state index contributed by atoms with van der Waals surface area (Å²) < 4.78 is 6.26. The van der Waals surface area contributed by atoms with Gasteiger partial charge in [-0.2, -0.15) is 5.10 Å². The second kappa shape index (κ2) is 8.47. The summed E-state index contributed by atoms with van der Waals surface area (Å²) in [5.41, 5.74) is 0.537. The average molecular weight is 393 g/mol. The number of nitrogens with one attached hydrogen (secondary N) is 1. The van der Waals surface area contributed by atoms with Gasteiger partial charge in [-0.1, -0.05) is 30.3 Å². The molecule has 0 bridgehead atoms. The van der Waals surface area contributed by atoms with E-state index in [-0.39, 0.29) is 23.6 Å². The number of carbonyl (C=O) groups is 3. The van der Waals surface area contributed by atoms with E-state index in [0.717, 1.165) is 0 Å². The fourth-order valence-corrected chi connectivity index (χ4v) is 2.81. The molecule has 8 nitrogen and oxygen atoms in total. The van der Waals surface area contributed by atoms with Gasteiger partial charge in [0.1, 0.15) is 0 Å². The minimum atomic E-state index is -0.809. The summed E-state index contributed by atoms with van der Waals surface area (Å²) in [6.45, 7) is 2.91. The summed E-state index contributed by atoms with van der Waals surface area (Å²) in [7, 11) is 0. The maximum absolute atomic E-state index is 12.5. The Morgan fingerprint density at radius 1 is 1.07 bits per heavy atom. The lowest BCUT2D eigenvalue weighted by Crippen LogP contribution is -2.27. The van der Waals surface area contributed by atoms with Crippen LogP contribution in [-0.4, -0.2) is 34.0 Å². The van der Waals surface area contributed by atoms with Gasteiger partial charge in [0, 0.05) is 23.2 Å². The first-order valence-electron chi connectivity index (χ1n) is 8.98. The lowest BCUT2D eigenvalue weighted by molar-refractivity contribution is -0.119.